The van der Waals surface area contributed by atoms with Gasteiger partial charge in [-0.15, -0.1) is 24.0 Å². The Balaban J connectivity index is 0.00000450. The van der Waals surface area contributed by atoms with E-state index in [4.69, 9.17) is 19.2 Å². The monoisotopic (exact) mass is 527 g/mol. The predicted molar refractivity (Wildman–Crippen MR) is 134 cm³/mol. The molecule has 6 nitrogen and oxygen atoms in total. The Labute approximate surface area is 197 Å². The van der Waals surface area contributed by atoms with Gasteiger partial charge in [-0.2, -0.15) is 0 Å². The van der Waals surface area contributed by atoms with Crippen LogP contribution in [0.15, 0.2) is 41.4 Å². The topological polar surface area (TPSA) is 55.3 Å². The summed E-state index contributed by atoms with van der Waals surface area (Å²) < 4.78 is 16.4. The minimum Gasteiger partial charge on any atom is -0.493 e. The van der Waals surface area contributed by atoms with Gasteiger partial charge in [0.1, 0.15) is 0 Å². The lowest BCUT2D eigenvalue weighted by Crippen LogP contribution is -2.38. The third-order valence-corrected chi connectivity index (χ3v) is 4.67. The first-order valence-corrected chi connectivity index (χ1v) is 9.86. The van der Waals surface area contributed by atoms with E-state index in [1.165, 1.54) is 11.1 Å². The average molecular weight is 527 g/mol. The Hall–Kier alpha value is -2.16. The van der Waals surface area contributed by atoms with Crippen LogP contribution in [0.2, 0.25) is 0 Å². The second-order valence-electron chi connectivity index (χ2n) is 6.82. The summed E-state index contributed by atoms with van der Waals surface area (Å²) in [6.45, 7) is 6.42. The first-order valence-electron chi connectivity index (χ1n) is 9.86. The molecule has 2 aromatic rings. The average Bonchev–Trinajstić information content (AvgIpc) is 2.73. The van der Waals surface area contributed by atoms with Crippen molar-refractivity contribution in [3.8, 4) is 17.2 Å². The van der Waals surface area contributed by atoms with Gasteiger partial charge in [0.15, 0.2) is 17.5 Å². The molecule has 1 N–H and O–H groups in total. The van der Waals surface area contributed by atoms with Gasteiger partial charge in [0.25, 0.3) is 0 Å². The molecule has 0 fully saturated rings. The smallest absolute Gasteiger partial charge is 0.203 e. The zero-order valence-corrected chi connectivity index (χ0v) is 21.2. The van der Waals surface area contributed by atoms with Gasteiger partial charge in [-0.3, -0.25) is 4.99 Å². The number of hydrogen-bond acceptors (Lipinski definition) is 4. The summed E-state index contributed by atoms with van der Waals surface area (Å²) >= 11 is 0. The number of aryl methyl sites for hydroxylation is 1. The van der Waals surface area contributed by atoms with Crippen LogP contribution in [0, 0.1) is 6.92 Å². The molecule has 30 heavy (non-hydrogen) atoms. The summed E-state index contributed by atoms with van der Waals surface area (Å²) in [6.07, 6.45) is 0.733. The van der Waals surface area contributed by atoms with Crippen LogP contribution in [0.5, 0.6) is 17.2 Å². The SMILES string of the molecule is CCNC(=NCCc1ccc(OC)c(OC)c1OC)N(C)Cc1ccc(C)cc1.I. The molecule has 0 bridgehead atoms. The number of guanidine groups is 1. The van der Waals surface area contributed by atoms with Crippen LogP contribution in [0.3, 0.4) is 0 Å². The van der Waals surface area contributed by atoms with Crippen LogP contribution in [0.1, 0.15) is 23.6 Å². The summed E-state index contributed by atoms with van der Waals surface area (Å²) in [5, 5.41) is 3.37. The quantitative estimate of drug-likeness (QED) is 0.300. The maximum Gasteiger partial charge on any atom is 0.203 e. The molecule has 2 rings (SSSR count). The second kappa shape index (κ2) is 13.2. The Morgan fingerprint density at radius 1 is 0.967 bits per heavy atom. The van der Waals surface area contributed by atoms with E-state index >= 15 is 0 Å². The lowest BCUT2D eigenvalue weighted by molar-refractivity contribution is 0.322. The fraction of sp³-hybridized carbons (Fsp3) is 0.435. The number of nitrogens with zero attached hydrogens (tertiary/aromatic N) is 2. The third kappa shape index (κ3) is 6.97. The predicted octanol–water partition coefficient (Wildman–Crippen LogP) is 4.28. The van der Waals surface area contributed by atoms with E-state index in [9.17, 15) is 0 Å². The molecule has 0 aliphatic carbocycles. The van der Waals surface area contributed by atoms with Crippen molar-refractivity contribution in [2.75, 3.05) is 41.5 Å². The molecule has 0 amide bonds. The Bertz CT molecular complexity index is 810. The molecule has 0 aromatic heterocycles. The Morgan fingerprint density at radius 3 is 2.20 bits per heavy atom. The van der Waals surface area contributed by atoms with E-state index in [0.29, 0.717) is 23.8 Å². The van der Waals surface area contributed by atoms with E-state index in [1.54, 1.807) is 21.3 Å². The molecule has 0 saturated heterocycles. The van der Waals surface area contributed by atoms with E-state index in [0.717, 1.165) is 31.0 Å². The molecular formula is C23H34IN3O3. The summed E-state index contributed by atoms with van der Waals surface area (Å²) in [6, 6.07) is 12.5. The number of nitrogens with one attached hydrogen (secondary N) is 1. The molecule has 0 atom stereocenters. The van der Waals surface area contributed by atoms with Crippen LogP contribution in [0.4, 0.5) is 0 Å². The van der Waals surface area contributed by atoms with Gasteiger partial charge in [0.05, 0.1) is 21.3 Å². The normalized spacial score (nSPS) is 10.8. The molecule has 0 saturated carbocycles. The van der Waals surface area contributed by atoms with Crippen molar-refractivity contribution in [3.05, 3.63) is 53.1 Å². The zero-order valence-electron chi connectivity index (χ0n) is 18.8. The van der Waals surface area contributed by atoms with E-state index < -0.39 is 0 Å². The third-order valence-electron chi connectivity index (χ3n) is 4.67. The lowest BCUT2D eigenvalue weighted by Gasteiger charge is -2.22. The van der Waals surface area contributed by atoms with Crippen LogP contribution in [-0.2, 0) is 13.0 Å². The van der Waals surface area contributed by atoms with Gasteiger partial charge in [-0.05, 0) is 31.9 Å². The number of halogens is 1. The van der Waals surface area contributed by atoms with Crippen LogP contribution in [-0.4, -0.2) is 52.3 Å². The molecule has 0 radical (unpaired) electrons. The number of hydrogen-bond donors (Lipinski definition) is 1. The Morgan fingerprint density at radius 2 is 1.63 bits per heavy atom. The van der Waals surface area contributed by atoms with Crippen LogP contribution in [0.25, 0.3) is 0 Å². The second-order valence-corrected chi connectivity index (χ2v) is 6.82. The molecule has 2 aromatic carbocycles. The number of methoxy groups -OCH3 is 3. The fourth-order valence-electron chi connectivity index (χ4n) is 3.15. The molecule has 0 aliphatic heterocycles. The molecule has 166 valence electrons. The number of aliphatic imine (C=N–C) groups is 1. The van der Waals surface area contributed by atoms with Crippen molar-refractivity contribution in [3.63, 3.8) is 0 Å². The summed E-state index contributed by atoms with van der Waals surface area (Å²) in [4.78, 5) is 6.94. The van der Waals surface area contributed by atoms with Gasteiger partial charge in [-0.25, -0.2) is 0 Å². The molecule has 0 unspecified atom stereocenters. The number of ether oxygens (including phenoxy) is 3. The van der Waals surface area contributed by atoms with Gasteiger partial charge < -0.3 is 24.4 Å². The maximum absolute atomic E-state index is 5.57. The summed E-state index contributed by atoms with van der Waals surface area (Å²) in [7, 11) is 6.93. The highest BCUT2D eigenvalue weighted by atomic mass is 127. The summed E-state index contributed by atoms with van der Waals surface area (Å²) in [5.74, 6) is 2.84. The number of rotatable bonds is 9. The van der Waals surface area contributed by atoms with Crippen molar-refractivity contribution in [2.45, 2.75) is 26.8 Å². The van der Waals surface area contributed by atoms with Gasteiger partial charge in [-0.1, -0.05) is 35.9 Å². The number of benzene rings is 2. The molecule has 0 spiro atoms. The van der Waals surface area contributed by atoms with Gasteiger partial charge in [0.2, 0.25) is 5.75 Å². The van der Waals surface area contributed by atoms with E-state index in [1.807, 2.05) is 12.1 Å². The Kier molecular flexibility index (Phi) is 11.4. The van der Waals surface area contributed by atoms with Crippen molar-refractivity contribution in [1.82, 2.24) is 10.2 Å². The van der Waals surface area contributed by atoms with Crippen LogP contribution < -0.4 is 19.5 Å². The highest BCUT2D eigenvalue weighted by molar-refractivity contribution is 14.0. The van der Waals surface area contributed by atoms with Crippen molar-refractivity contribution in [2.24, 2.45) is 4.99 Å². The van der Waals surface area contributed by atoms with Gasteiger partial charge in [0, 0.05) is 32.2 Å². The van der Waals surface area contributed by atoms with Crippen molar-refractivity contribution < 1.29 is 14.2 Å². The first-order chi connectivity index (χ1) is 14.0. The molecular weight excluding hydrogens is 493 g/mol. The highest BCUT2D eigenvalue weighted by Gasteiger charge is 2.15. The first kappa shape index (κ1) is 25.9. The molecule has 0 aliphatic rings. The fourth-order valence-corrected chi connectivity index (χ4v) is 3.15. The van der Waals surface area contributed by atoms with E-state index in [2.05, 4.69) is 55.4 Å². The lowest BCUT2D eigenvalue weighted by atomic mass is 10.1. The minimum atomic E-state index is 0. The highest BCUT2D eigenvalue weighted by Crippen LogP contribution is 2.39. The van der Waals surface area contributed by atoms with Crippen molar-refractivity contribution >= 4 is 29.9 Å². The maximum atomic E-state index is 5.57. The largest absolute Gasteiger partial charge is 0.493 e. The van der Waals surface area contributed by atoms with Gasteiger partial charge >= 0.3 is 0 Å². The van der Waals surface area contributed by atoms with Crippen molar-refractivity contribution in [1.29, 1.82) is 0 Å². The van der Waals surface area contributed by atoms with E-state index in [-0.39, 0.29) is 24.0 Å². The standard InChI is InChI=1S/C23H33N3O3.HI/c1-7-24-23(26(3)16-18-10-8-17(2)9-11-18)25-15-14-19-12-13-20(27-4)22(29-6)21(19)28-5;/h8-13H,7,14-16H2,1-6H3,(H,24,25);1H. The molecule has 0 heterocycles. The minimum absolute atomic E-state index is 0. The summed E-state index contributed by atoms with van der Waals surface area (Å²) in [5.41, 5.74) is 3.55. The molecule has 7 heteroatoms. The van der Waals surface area contributed by atoms with Crippen LogP contribution >= 0.6 is 24.0 Å². The zero-order chi connectivity index (χ0) is 21.2.